The van der Waals surface area contributed by atoms with Gasteiger partial charge in [-0.1, -0.05) is 15.9 Å². The topological polar surface area (TPSA) is 90.9 Å². The van der Waals surface area contributed by atoms with Crippen molar-refractivity contribution in [1.29, 1.82) is 0 Å². The standard InChI is InChI=1S/C23H32BrF5O9/c24-2-4-32-6-8-34-10-12-36-14-16-37-15-13-35-11-9-33-7-5-31-3-1-17(30)38-23-21(28)19(26)18(25)20(27)22(23)29/h1-16H2. The molecule has 0 aliphatic carbocycles. The van der Waals surface area contributed by atoms with Gasteiger partial charge in [0.05, 0.1) is 98.9 Å². The monoisotopic (exact) mass is 626 g/mol. The number of carbonyl (C=O) groups excluding carboxylic acids is 1. The molecule has 0 saturated heterocycles. The molecule has 15 heteroatoms. The van der Waals surface area contributed by atoms with Gasteiger partial charge in [-0.05, 0) is 0 Å². The first-order valence-corrected chi connectivity index (χ1v) is 12.8. The van der Waals surface area contributed by atoms with Crippen LogP contribution in [0.5, 0.6) is 5.75 Å². The minimum absolute atomic E-state index is 0.0921. The fraction of sp³-hybridized carbons (Fsp3) is 0.696. The number of alkyl halides is 1. The van der Waals surface area contributed by atoms with E-state index in [0.29, 0.717) is 66.1 Å². The van der Waals surface area contributed by atoms with Crippen LogP contribution < -0.4 is 4.74 Å². The van der Waals surface area contributed by atoms with E-state index in [-0.39, 0.29) is 26.4 Å². The minimum atomic E-state index is -2.34. The molecule has 1 rings (SSSR count). The largest absolute Gasteiger partial charge is 0.420 e. The zero-order valence-electron chi connectivity index (χ0n) is 20.8. The van der Waals surface area contributed by atoms with E-state index >= 15 is 0 Å². The lowest BCUT2D eigenvalue weighted by Crippen LogP contribution is -2.16. The molecule has 38 heavy (non-hydrogen) atoms. The third-order valence-electron chi connectivity index (χ3n) is 4.29. The van der Waals surface area contributed by atoms with E-state index in [2.05, 4.69) is 20.7 Å². The van der Waals surface area contributed by atoms with Gasteiger partial charge in [-0.25, -0.2) is 13.2 Å². The number of rotatable bonds is 24. The highest BCUT2D eigenvalue weighted by Crippen LogP contribution is 2.29. The van der Waals surface area contributed by atoms with Crippen molar-refractivity contribution < 1.29 is 64.6 Å². The second-order valence-electron chi connectivity index (χ2n) is 7.10. The van der Waals surface area contributed by atoms with Gasteiger partial charge in [0.25, 0.3) is 0 Å². The number of halogens is 6. The SMILES string of the molecule is O=C(CCOCCOCCOCCOCCOCCOCCOCCBr)Oc1c(F)c(F)c(F)c(F)c1F. The summed E-state index contributed by atoms with van der Waals surface area (Å²) in [4.78, 5) is 11.6. The molecular weight excluding hydrogens is 595 g/mol. The van der Waals surface area contributed by atoms with Crippen LogP contribution in [-0.4, -0.2) is 104 Å². The molecule has 220 valence electrons. The molecule has 1 aromatic carbocycles. The van der Waals surface area contributed by atoms with Crippen molar-refractivity contribution in [2.24, 2.45) is 0 Å². The van der Waals surface area contributed by atoms with Gasteiger partial charge in [0.2, 0.25) is 34.8 Å². The number of esters is 1. The Kier molecular flexibility index (Phi) is 20.3. The van der Waals surface area contributed by atoms with E-state index in [9.17, 15) is 26.7 Å². The molecule has 0 unspecified atom stereocenters. The molecule has 0 fully saturated rings. The highest BCUT2D eigenvalue weighted by Gasteiger charge is 2.28. The summed E-state index contributed by atoms with van der Waals surface area (Å²) in [6.07, 6.45) is -0.478. The molecule has 1 aromatic rings. The highest BCUT2D eigenvalue weighted by atomic mass is 79.9. The zero-order valence-corrected chi connectivity index (χ0v) is 22.3. The number of benzene rings is 1. The predicted molar refractivity (Wildman–Crippen MR) is 126 cm³/mol. The van der Waals surface area contributed by atoms with Gasteiger partial charge in [-0.15, -0.1) is 0 Å². The van der Waals surface area contributed by atoms with Gasteiger partial charge in [-0.2, -0.15) is 8.78 Å². The van der Waals surface area contributed by atoms with Crippen LogP contribution in [0, 0.1) is 29.1 Å². The summed E-state index contributed by atoms with van der Waals surface area (Å²) in [5.41, 5.74) is 0. The molecule has 0 saturated carbocycles. The van der Waals surface area contributed by atoms with Crippen LogP contribution in [0.3, 0.4) is 0 Å². The van der Waals surface area contributed by atoms with Crippen molar-refractivity contribution in [2.45, 2.75) is 6.42 Å². The lowest BCUT2D eigenvalue weighted by molar-refractivity contribution is -0.136. The van der Waals surface area contributed by atoms with Crippen molar-refractivity contribution in [2.75, 3.05) is 97.8 Å². The minimum Gasteiger partial charge on any atom is -0.420 e. The Bertz CT molecular complexity index is 763. The van der Waals surface area contributed by atoms with Crippen molar-refractivity contribution in [3.8, 4) is 5.75 Å². The van der Waals surface area contributed by atoms with E-state index in [1.807, 2.05) is 0 Å². The Labute approximate surface area is 225 Å². The summed E-state index contributed by atoms with van der Waals surface area (Å²) in [5.74, 6) is -14.1. The Morgan fingerprint density at radius 1 is 0.474 bits per heavy atom. The van der Waals surface area contributed by atoms with Gasteiger partial charge in [0.15, 0.2) is 0 Å². The van der Waals surface area contributed by atoms with E-state index in [1.165, 1.54) is 0 Å². The molecule has 0 atom stereocenters. The van der Waals surface area contributed by atoms with Crippen LogP contribution in [0.1, 0.15) is 6.42 Å². The second-order valence-corrected chi connectivity index (χ2v) is 7.89. The summed E-state index contributed by atoms with van der Waals surface area (Å²) < 4.78 is 107. The number of ether oxygens (including phenoxy) is 8. The molecule has 0 spiro atoms. The van der Waals surface area contributed by atoms with E-state index < -0.39 is 47.2 Å². The molecular formula is C23H32BrF5O9. The molecule has 0 radical (unpaired) electrons. The Balaban J connectivity index is 1.88. The predicted octanol–water partition coefficient (Wildman–Crippen LogP) is 3.19. The van der Waals surface area contributed by atoms with Crippen LogP contribution in [-0.2, 0) is 38.0 Å². The summed E-state index contributed by atoms with van der Waals surface area (Å²) >= 11 is 3.26. The van der Waals surface area contributed by atoms with Gasteiger partial charge in [0, 0.05) is 5.33 Å². The van der Waals surface area contributed by atoms with E-state index in [1.54, 1.807) is 0 Å². The molecule has 0 aliphatic heterocycles. The first-order valence-electron chi connectivity index (χ1n) is 11.7. The van der Waals surface area contributed by atoms with Gasteiger partial charge in [-0.3, -0.25) is 4.79 Å². The molecule has 9 nitrogen and oxygen atoms in total. The molecule has 0 heterocycles. The molecule has 0 bridgehead atoms. The molecule has 0 aromatic heterocycles. The van der Waals surface area contributed by atoms with Crippen LogP contribution >= 0.6 is 15.9 Å². The fourth-order valence-corrected chi connectivity index (χ4v) is 2.70. The maximum absolute atomic E-state index is 13.5. The fourth-order valence-electron chi connectivity index (χ4n) is 2.47. The summed E-state index contributed by atoms with van der Waals surface area (Å²) in [7, 11) is 0. The second kappa shape index (κ2) is 22.4. The first-order chi connectivity index (χ1) is 18.4. The molecule has 0 aliphatic rings. The normalized spacial score (nSPS) is 11.3. The average molecular weight is 627 g/mol. The first kappa shape index (κ1) is 34.6. The van der Waals surface area contributed by atoms with Crippen LogP contribution in [0.4, 0.5) is 22.0 Å². The van der Waals surface area contributed by atoms with Crippen molar-refractivity contribution in [3.05, 3.63) is 29.1 Å². The van der Waals surface area contributed by atoms with Crippen LogP contribution in [0.15, 0.2) is 0 Å². The van der Waals surface area contributed by atoms with E-state index in [0.717, 1.165) is 5.33 Å². The van der Waals surface area contributed by atoms with Crippen LogP contribution in [0.2, 0.25) is 0 Å². The van der Waals surface area contributed by atoms with Crippen molar-refractivity contribution >= 4 is 21.9 Å². The summed E-state index contributed by atoms with van der Waals surface area (Å²) in [6, 6.07) is 0. The lowest BCUT2D eigenvalue weighted by atomic mass is 10.2. The Hall–Kier alpha value is -1.46. The molecule has 0 N–H and O–H groups in total. The van der Waals surface area contributed by atoms with Gasteiger partial charge >= 0.3 is 5.97 Å². The van der Waals surface area contributed by atoms with Crippen molar-refractivity contribution in [3.63, 3.8) is 0 Å². The summed E-state index contributed by atoms with van der Waals surface area (Å²) in [5, 5.41) is 0.799. The Morgan fingerprint density at radius 3 is 1.11 bits per heavy atom. The summed E-state index contributed by atoms with van der Waals surface area (Å²) in [6.45, 7) is 5.02. The van der Waals surface area contributed by atoms with Gasteiger partial charge < -0.3 is 37.9 Å². The zero-order chi connectivity index (χ0) is 28.0. The maximum Gasteiger partial charge on any atom is 0.313 e. The smallest absolute Gasteiger partial charge is 0.313 e. The third-order valence-corrected chi connectivity index (χ3v) is 4.61. The molecule has 0 amide bonds. The number of hydrogen-bond donors (Lipinski definition) is 0. The number of carbonyl (C=O) groups is 1. The lowest BCUT2D eigenvalue weighted by Gasteiger charge is -2.09. The Morgan fingerprint density at radius 2 is 0.763 bits per heavy atom. The average Bonchev–Trinajstić information content (AvgIpc) is 2.91. The highest BCUT2D eigenvalue weighted by molar-refractivity contribution is 9.09. The van der Waals surface area contributed by atoms with Gasteiger partial charge in [0.1, 0.15) is 0 Å². The van der Waals surface area contributed by atoms with E-state index in [4.69, 9.17) is 33.2 Å². The van der Waals surface area contributed by atoms with Crippen molar-refractivity contribution in [1.82, 2.24) is 0 Å². The van der Waals surface area contributed by atoms with Crippen LogP contribution in [0.25, 0.3) is 0 Å². The number of hydrogen-bond acceptors (Lipinski definition) is 9. The third kappa shape index (κ3) is 15.2. The maximum atomic E-state index is 13.5. The quantitative estimate of drug-likeness (QED) is 0.0326.